The van der Waals surface area contributed by atoms with Crippen molar-refractivity contribution in [2.45, 2.75) is 86.6 Å². The fraction of sp³-hybridized carbons (Fsp3) is 0.500. The van der Waals surface area contributed by atoms with Gasteiger partial charge in [-0.15, -0.1) is 23.5 Å². The number of nitrogens with zero attached hydrogens (tertiary/aromatic N) is 4. The highest BCUT2D eigenvalue weighted by Gasteiger charge is 2.61. The van der Waals surface area contributed by atoms with Crippen LogP contribution >= 0.6 is 23.5 Å². The summed E-state index contributed by atoms with van der Waals surface area (Å²) in [5.41, 5.74) is 11.5. The summed E-state index contributed by atoms with van der Waals surface area (Å²) >= 11 is 3.10. The predicted octanol–water partition coefficient (Wildman–Crippen LogP) is 7.33. The van der Waals surface area contributed by atoms with Crippen molar-refractivity contribution in [3.8, 4) is 23.1 Å². The molecule has 0 radical (unpaired) electrons. The minimum Gasteiger partial charge on any atom is -0.341 e. The van der Waals surface area contributed by atoms with Gasteiger partial charge in [-0.25, -0.2) is 18.7 Å². The predicted molar refractivity (Wildman–Crippen MR) is 206 cm³/mol. The Kier molecular flexibility index (Phi) is 9.18. The third-order valence-corrected chi connectivity index (χ3v) is 15.0. The number of nitrogens with two attached hydrogens (primary N) is 1. The molecule has 0 spiro atoms. The summed E-state index contributed by atoms with van der Waals surface area (Å²) < 4.78 is 29.8. The van der Waals surface area contributed by atoms with E-state index in [2.05, 4.69) is 40.6 Å². The molecule has 4 aliphatic rings. The number of hydrogen-bond acceptors (Lipinski definition) is 7. The van der Waals surface area contributed by atoms with Crippen LogP contribution in [-0.2, 0) is 9.59 Å². The van der Waals surface area contributed by atoms with Gasteiger partial charge in [-0.05, 0) is 60.6 Å². The Labute approximate surface area is 317 Å². The van der Waals surface area contributed by atoms with E-state index in [1.54, 1.807) is 11.8 Å². The molecule has 4 N–H and O–H groups in total. The summed E-state index contributed by atoms with van der Waals surface area (Å²) in [6.45, 7) is 10.0. The molecule has 2 amide bonds. The van der Waals surface area contributed by atoms with Gasteiger partial charge in [0.05, 0.1) is 51.0 Å². The van der Waals surface area contributed by atoms with Gasteiger partial charge < -0.3 is 25.5 Å². The van der Waals surface area contributed by atoms with Crippen molar-refractivity contribution in [2.75, 3.05) is 13.1 Å². The molecule has 53 heavy (non-hydrogen) atoms. The van der Waals surface area contributed by atoms with Crippen molar-refractivity contribution in [3.05, 3.63) is 71.4 Å². The number of alkyl halides is 2. The van der Waals surface area contributed by atoms with E-state index in [4.69, 9.17) is 10.7 Å². The molecule has 13 heteroatoms. The van der Waals surface area contributed by atoms with Crippen LogP contribution in [0.5, 0.6) is 0 Å². The number of thioether (sulfide) groups is 2. The van der Waals surface area contributed by atoms with E-state index in [-0.39, 0.29) is 63.8 Å². The number of carbonyl (C=O) groups is 2. The molecule has 4 fully saturated rings. The molecular weight excluding hydrogens is 713 g/mol. The van der Waals surface area contributed by atoms with Gasteiger partial charge in [0.2, 0.25) is 11.8 Å². The number of piperidine rings is 1. The molecule has 0 bridgehead atoms. The van der Waals surface area contributed by atoms with Crippen molar-refractivity contribution in [1.82, 2.24) is 29.7 Å². The van der Waals surface area contributed by atoms with E-state index >= 15 is 0 Å². The fourth-order valence-corrected chi connectivity index (χ4v) is 10.5. The summed E-state index contributed by atoms with van der Waals surface area (Å²) in [5.74, 6) is 4.56. The molecule has 4 saturated heterocycles. The van der Waals surface area contributed by atoms with Crippen molar-refractivity contribution in [1.29, 1.82) is 0 Å². The van der Waals surface area contributed by atoms with Crippen molar-refractivity contribution >= 4 is 46.4 Å². The highest BCUT2D eigenvalue weighted by Crippen LogP contribution is 2.60. The summed E-state index contributed by atoms with van der Waals surface area (Å²) in [5, 5.41) is -0.690. The molecule has 0 aliphatic carbocycles. The summed E-state index contributed by atoms with van der Waals surface area (Å²) in [4.78, 5) is 45.6. The SMILES string of the molecule is CC(C)C(C)C(=O)N1CC(F)(F)CC2C(c3nc4ccc(C#Cc5ccc(-c6cnc(C7CCCN7C(=O)C7SC7(N)C(C)C)[nH]6)cc5)cc4[nH]3)SC21. The third kappa shape index (κ3) is 6.65. The van der Waals surface area contributed by atoms with Gasteiger partial charge in [0.15, 0.2) is 0 Å². The number of carbonyl (C=O) groups excluding carboxylic acids is 2. The normalized spacial score (nSPS) is 28.1. The number of hydrogen-bond donors (Lipinski definition) is 3. The number of aromatic nitrogens is 4. The molecule has 2 aromatic carbocycles. The molecule has 6 heterocycles. The van der Waals surface area contributed by atoms with Crippen LogP contribution in [0, 0.1) is 35.5 Å². The lowest BCUT2D eigenvalue weighted by atomic mass is 9.88. The second-order valence-electron chi connectivity index (χ2n) is 15.7. The van der Waals surface area contributed by atoms with Gasteiger partial charge in [-0.2, -0.15) is 0 Å². The van der Waals surface area contributed by atoms with Gasteiger partial charge in [-0.3, -0.25) is 9.59 Å². The van der Waals surface area contributed by atoms with Crippen molar-refractivity contribution in [2.24, 2.45) is 29.4 Å². The molecule has 9 nitrogen and oxygen atoms in total. The van der Waals surface area contributed by atoms with Gasteiger partial charge in [-0.1, -0.05) is 58.6 Å². The van der Waals surface area contributed by atoms with Crippen LogP contribution in [0.4, 0.5) is 8.78 Å². The lowest BCUT2D eigenvalue weighted by Gasteiger charge is -2.54. The van der Waals surface area contributed by atoms with E-state index in [1.165, 1.54) is 16.7 Å². The standard InChI is InChI=1S/C40H45F2N7O2S2/c1-21(2)23(5)36(50)49-20-39(41,42)18-27-32(52-38(27)49)35-45-28-15-12-25(17-29(28)46-35)9-8-24-10-13-26(14-11-24)30-19-44-34(47-30)31-7-6-16-48(31)37(51)33-40(43,53-33)22(3)4/h10-15,17,19,21-23,27,31-33,38H,6-7,16,18,20,43H2,1-5H3,(H,44,47)(H,45,46). The molecule has 4 aromatic rings. The molecule has 7 unspecified atom stereocenters. The molecule has 2 aromatic heterocycles. The smallest absolute Gasteiger partial charge is 0.265 e. The van der Waals surface area contributed by atoms with E-state index in [0.29, 0.717) is 12.4 Å². The quantitative estimate of drug-likeness (QED) is 0.133. The van der Waals surface area contributed by atoms with Gasteiger partial charge in [0, 0.05) is 35.9 Å². The fourth-order valence-electron chi connectivity index (χ4n) is 7.78. The average Bonchev–Trinajstić information content (AvgIpc) is 3.55. The van der Waals surface area contributed by atoms with E-state index in [9.17, 15) is 18.4 Å². The Balaban J connectivity index is 0.924. The number of halogens is 2. The lowest BCUT2D eigenvalue weighted by Crippen LogP contribution is -2.61. The maximum absolute atomic E-state index is 14.9. The van der Waals surface area contributed by atoms with E-state index in [1.807, 2.05) is 74.3 Å². The number of amides is 2. The topological polar surface area (TPSA) is 124 Å². The van der Waals surface area contributed by atoms with Gasteiger partial charge in [0.25, 0.3) is 5.92 Å². The first-order chi connectivity index (χ1) is 25.2. The highest BCUT2D eigenvalue weighted by molar-refractivity contribution is 8.09. The van der Waals surface area contributed by atoms with Crippen LogP contribution in [0.3, 0.4) is 0 Å². The Morgan fingerprint density at radius 1 is 1.00 bits per heavy atom. The minimum absolute atomic E-state index is 0.0804. The molecule has 8 rings (SSSR count). The number of H-pyrrole nitrogens is 2. The molecular formula is C40H45F2N7O2S2. The summed E-state index contributed by atoms with van der Waals surface area (Å²) in [6.07, 6.45) is 3.38. The number of fused-ring (bicyclic) bond motifs is 2. The first-order valence-electron chi connectivity index (χ1n) is 18.5. The zero-order chi connectivity index (χ0) is 37.4. The Hall–Kier alpha value is -3.86. The number of nitrogens with one attached hydrogen (secondary N) is 2. The Morgan fingerprint density at radius 2 is 1.74 bits per heavy atom. The second kappa shape index (κ2) is 13.5. The highest BCUT2D eigenvalue weighted by atomic mass is 32.2. The first kappa shape index (κ1) is 36.1. The molecule has 7 atom stereocenters. The largest absolute Gasteiger partial charge is 0.341 e. The van der Waals surface area contributed by atoms with Crippen LogP contribution in [0.2, 0.25) is 0 Å². The lowest BCUT2D eigenvalue weighted by molar-refractivity contribution is -0.154. The van der Waals surface area contributed by atoms with E-state index in [0.717, 1.165) is 52.1 Å². The minimum atomic E-state index is -2.93. The average molecular weight is 758 g/mol. The van der Waals surface area contributed by atoms with E-state index < -0.39 is 17.3 Å². The van der Waals surface area contributed by atoms with Crippen molar-refractivity contribution in [3.63, 3.8) is 0 Å². The molecule has 278 valence electrons. The van der Waals surface area contributed by atoms with Crippen LogP contribution in [0.25, 0.3) is 22.3 Å². The maximum atomic E-state index is 14.9. The summed E-state index contributed by atoms with van der Waals surface area (Å²) in [6, 6.07) is 13.6. The summed E-state index contributed by atoms with van der Waals surface area (Å²) in [7, 11) is 0. The number of benzene rings is 2. The number of imidazole rings is 2. The zero-order valence-corrected chi connectivity index (χ0v) is 32.2. The monoisotopic (exact) mass is 757 g/mol. The first-order valence-corrected chi connectivity index (χ1v) is 20.3. The van der Waals surface area contributed by atoms with Crippen molar-refractivity contribution < 1.29 is 18.4 Å². The molecule has 0 saturated carbocycles. The van der Waals surface area contributed by atoms with Gasteiger partial charge >= 0.3 is 0 Å². The van der Waals surface area contributed by atoms with Crippen LogP contribution < -0.4 is 5.73 Å². The Morgan fingerprint density at radius 3 is 2.45 bits per heavy atom. The zero-order valence-electron chi connectivity index (χ0n) is 30.5. The maximum Gasteiger partial charge on any atom is 0.265 e. The van der Waals surface area contributed by atoms with Crippen LogP contribution in [-0.4, -0.2) is 76.1 Å². The third-order valence-electron chi connectivity index (χ3n) is 11.5. The van der Waals surface area contributed by atoms with Crippen LogP contribution in [0.15, 0.2) is 48.7 Å². The number of likely N-dealkylation sites (tertiary alicyclic amines) is 2. The number of rotatable bonds is 7. The molecule has 4 aliphatic heterocycles. The Bertz CT molecular complexity index is 2120. The van der Waals surface area contributed by atoms with Gasteiger partial charge in [0.1, 0.15) is 16.9 Å². The second-order valence-corrected chi connectivity index (χ2v) is 18.4. The van der Waals surface area contributed by atoms with Crippen LogP contribution in [0.1, 0.15) is 87.9 Å². The number of aromatic amines is 2.